The molecule has 2 saturated carbocycles. The molecule has 0 spiro atoms. The van der Waals surface area contributed by atoms with Crippen LogP contribution in [-0.4, -0.2) is 34.7 Å². The van der Waals surface area contributed by atoms with Crippen LogP contribution in [0.5, 0.6) is 0 Å². The molecule has 2 aromatic rings. The Morgan fingerprint density at radius 2 is 1.77 bits per heavy atom. The van der Waals surface area contributed by atoms with Crippen molar-refractivity contribution in [1.82, 2.24) is 15.6 Å². The highest BCUT2D eigenvalue weighted by atomic mass is 16.6. The number of nitrogens with one attached hydrogen (secondary N) is 2. The summed E-state index contributed by atoms with van der Waals surface area (Å²) in [5.74, 6) is 0.328. The quantitative estimate of drug-likeness (QED) is 0.442. The molecule has 35 heavy (non-hydrogen) atoms. The minimum atomic E-state index is -0.510. The van der Waals surface area contributed by atoms with Crippen molar-refractivity contribution in [2.45, 2.75) is 96.5 Å². The van der Waals surface area contributed by atoms with Gasteiger partial charge in [0.2, 0.25) is 0 Å². The third-order valence-corrected chi connectivity index (χ3v) is 7.03. The monoisotopic (exact) mass is 475 g/mol. The Morgan fingerprint density at radius 3 is 2.40 bits per heavy atom. The van der Waals surface area contributed by atoms with Crippen molar-refractivity contribution in [1.29, 1.82) is 0 Å². The minimum Gasteiger partial charge on any atom is -0.455 e. The van der Waals surface area contributed by atoms with E-state index in [9.17, 15) is 4.79 Å². The Kier molecular flexibility index (Phi) is 8.40. The predicted octanol–water partition coefficient (Wildman–Crippen LogP) is 5.91. The number of pyridine rings is 1. The highest BCUT2D eigenvalue weighted by Gasteiger charge is 2.40. The summed E-state index contributed by atoms with van der Waals surface area (Å²) in [7, 11) is 0. The first-order chi connectivity index (χ1) is 16.8. The second kappa shape index (κ2) is 11.5. The van der Waals surface area contributed by atoms with Crippen molar-refractivity contribution in [3.8, 4) is 0 Å². The number of rotatable bonds is 9. The highest BCUT2D eigenvalue weighted by Crippen LogP contribution is 2.40. The molecular weight excluding hydrogens is 434 g/mol. The van der Waals surface area contributed by atoms with Crippen molar-refractivity contribution < 1.29 is 9.53 Å². The van der Waals surface area contributed by atoms with Crippen molar-refractivity contribution in [2.24, 2.45) is 5.92 Å². The maximum atomic E-state index is 12.1. The predicted molar refractivity (Wildman–Crippen MR) is 142 cm³/mol. The third-order valence-electron chi connectivity index (χ3n) is 7.03. The maximum absolute atomic E-state index is 12.1. The number of ether oxygens (including phenoxy) is 1. The van der Waals surface area contributed by atoms with E-state index in [1.807, 2.05) is 26.8 Å². The van der Waals surface area contributed by atoms with Crippen LogP contribution in [0.1, 0.15) is 87.8 Å². The second-order valence-corrected chi connectivity index (χ2v) is 11.1. The number of hydrogen-bond acceptors (Lipinski definition) is 5. The standard InChI is InChI=1S/C30H41N3O2/c1-5-23(17-21-9-7-6-8-10-21)26-18-28(26)33-25-14-12-24(13-15-25)31-19-22-11-16-27(32-20-22)29(34)35-30(2,3)4/h6-11,16-17,20,24-26,28,31,33H,5,12-15,18-19H2,1-4H3. The van der Waals surface area contributed by atoms with Crippen molar-refractivity contribution >= 4 is 12.0 Å². The highest BCUT2D eigenvalue weighted by molar-refractivity contribution is 5.87. The number of hydrogen-bond donors (Lipinski definition) is 2. The first kappa shape index (κ1) is 25.6. The van der Waals surface area contributed by atoms with Gasteiger partial charge in [-0.2, -0.15) is 0 Å². The number of carbonyl (C=O) groups is 1. The summed E-state index contributed by atoms with van der Waals surface area (Å²) in [4.78, 5) is 16.4. The average molecular weight is 476 g/mol. The molecule has 2 aliphatic rings. The lowest BCUT2D eigenvalue weighted by molar-refractivity contribution is 0.00628. The van der Waals surface area contributed by atoms with E-state index in [0.29, 0.717) is 29.7 Å². The zero-order valence-corrected chi connectivity index (χ0v) is 21.7. The molecule has 0 amide bonds. The first-order valence-corrected chi connectivity index (χ1v) is 13.2. The van der Waals surface area contributed by atoms with Crippen LogP contribution in [0.3, 0.4) is 0 Å². The Bertz CT molecular complexity index is 987. The van der Waals surface area contributed by atoms with Gasteiger partial charge in [0.25, 0.3) is 0 Å². The van der Waals surface area contributed by atoms with Gasteiger partial charge in [-0.25, -0.2) is 9.78 Å². The van der Waals surface area contributed by atoms with E-state index in [-0.39, 0.29) is 5.97 Å². The third kappa shape index (κ3) is 7.74. The van der Waals surface area contributed by atoms with Gasteiger partial charge < -0.3 is 15.4 Å². The molecule has 2 atom stereocenters. The summed E-state index contributed by atoms with van der Waals surface area (Å²) in [6, 6.07) is 16.2. The zero-order chi connectivity index (χ0) is 24.8. The van der Waals surface area contributed by atoms with Gasteiger partial charge in [0, 0.05) is 30.9 Å². The molecule has 2 fully saturated rings. The van der Waals surface area contributed by atoms with Crippen LogP contribution in [0.2, 0.25) is 0 Å². The molecule has 4 rings (SSSR count). The summed E-state index contributed by atoms with van der Waals surface area (Å²) in [6.07, 6.45) is 11.4. The van der Waals surface area contributed by atoms with E-state index in [0.717, 1.165) is 18.5 Å². The Labute approximate surface area is 210 Å². The zero-order valence-electron chi connectivity index (χ0n) is 21.7. The number of nitrogens with zero attached hydrogens (tertiary/aromatic N) is 1. The Hall–Kier alpha value is -2.50. The van der Waals surface area contributed by atoms with E-state index in [1.54, 1.807) is 17.8 Å². The summed E-state index contributed by atoms with van der Waals surface area (Å²) in [5, 5.41) is 7.63. The van der Waals surface area contributed by atoms with E-state index >= 15 is 0 Å². The lowest BCUT2D eigenvalue weighted by atomic mass is 9.91. The lowest BCUT2D eigenvalue weighted by Crippen LogP contribution is -2.40. The van der Waals surface area contributed by atoms with Gasteiger partial charge in [0.05, 0.1) is 0 Å². The van der Waals surface area contributed by atoms with Crippen LogP contribution < -0.4 is 10.6 Å². The fraction of sp³-hybridized carbons (Fsp3) is 0.533. The van der Waals surface area contributed by atoms with Crippen LogP contribution >= 0.6 is 0 Å². The number of benzene rings is 1. The molecule has 188 valence electrons. The van der Waals surface area contributed by atoms with Crippen molar-refractivity contribution in [3.05, 3.63) is 71.1 Å². The molecule has 0 aliphatic heterocycles. The fourth-order valence-electron chi connectivity index (χ4n) is 5.03. The Morgan fingerprint density at radius 1 is 1.06 bits per heavy atom. The molecule has 1 aromatic heterocycles. The van der Waals surface area contributed by atoms with E-state index in [4.69, 9.17) is 4.74 Å². The fourth-order valence-corrected chi connectivity index (χ4v) is 5.03. The molecule has 2 N–H and O–H groups in total. The van der Waals surface area contributed by atoms with Gasteiger partial charge in [-0.05, 0) is 82.4 Å². The van der Waals surface area contributed by atoms with Crippen LogP contribution in [0.25, 0.3) is 6.08 Å². The summed E-state index contributed by atoms with van der Waals surface area (Å²) in [6.45, 7) is 8.65. The number of esters is 1. The molecule has 0 radical (unpaired) electrons. The molecule has 5 nitrogen and oxygen atoms in total. The topological polar surface area (TPSA) is 63.2 Å². The number of carbonyl (C=O) groups excluding carboxylic acids is 1. The molecule has 1 heterocycles. The Balaban J connectivity index is 1.17. The van der Waals surface area contributed by atoms with Crippen molar-refractivity contribution in [3.63, 3.8) is 0 Å². The first-order valence-electron chi connectivity index (χ1n) is 13.2. The smallest absolute Gasteiger partial charge is 0.357 e. The molecule has 2 unspecified atom stereocenters. The van der Waals surface area contributed by atoms with Crippen LogP contribution in [0.4, 0.5) is 0 Å². The summed E-state index contributed by atoms with van der Waals surface area (Å²) < 4.78 is 5.39. The lowest BCUT2D eigenvalue weighted by Gasteiger charge is -2.30. The SMILES string of the molecule is CCC(=Cc1ccccc1)C1CC1NC1CCC(NCc2ccc(C(=O)OC(C)(C)C)nc2)CC1. The van der Waals surface area contributed by atoms with Gasteiger partial charge >= 0.3 is 5.97 Å². The van der Waals surface area contributed by atoms with Gasteiger partial charge in [0.1, 0.15) is 11.3 Å². The maximum Gasteiger partial charge on any atom is 0.357 e. The van der Waals surface area contributed by atoms with Crippen LogP contribution in [0, 0.1) is 5.92 Å². The van der Waals surface area contributed by atoms with E-state index < -0.39 is 5.60 Å². The largest absolute Gasteiger partial charge is 0.455 e. The van der Waals surface area contributed by atoms with Gasteiger partial charge in [-0.1, -0.05) is 55.0 Å². The minimum absolute atomic E-state index is 0.360. The molecule has 1 aromatic carbocycles. The summed E-state index contributed by atoms with van der Waals surface area (Å²) >= 11 is 0. The van der Waals surface area contributed by atoms with Gasteiger partial charge in [-0.15, -0.1) is 0 Å². The van der Waals surface area contributed by atoms with Gasteiger partial charge in [0.15, 0.2) is 0 Å². The van der Waals surface area contributed by atoms with E-state index in [2.05, 4.69) is 58.9 Å². The van der Waals surface area contributed by atoms with Crippen molar-refractivity contribution in [2.75, 3.05) is 0 Å². The summed E-state index contributed by atoms with van der Waals surface area (Å²) in [5.41, 5.74) is 3.84. The van der Waals surface area contributed by atoms with Crippen LogP contribution in [0.15, 0.2) is 54.2 Å². The van der Waals surface area contributed by atoms with E-state index in [1.165, 1.54) is 37.7 Å². The molecule has 0 bridgehead atoms. The second-order valence-electron chi connectivity index (χ2n) is 11.1. The molecule has 2 aliphatic carbocycles. The molecule has 5 heteroatoms. The molecule has 0 saturated heterocycles. The normalized spacial score (nSPS) is 24.7. The average Bonchev–Trinajstić information content (AvgIpc) is 3.61. The molecular formula is C30H41N3O2. The van der Waals surface area contributed by atoms with Gasteiger partial charge in [-0.3, -0.25) is 0 Å². The number of aromatic nitrogens is 1. The van der Waals surface area contributed by atoms with Crippen LogP contribution in [-0.2, 0) is 11.3 Å².